The van der Waals surface area contributed by atoms with Crippen molar-refractivity contribution in [2.24, 2.45) is 0 Å². The van der Waals surface area contributed by atoms with Crippen LogP contribution in [0.4, 0.5) is 4.39 Å². The maximum absolute atomic E-state index is 13.4. The number of benzene rings is 1. The van der Waals surface area contributed by atoms with E-state index >= 15 is 0 Å². The van der Waals surface area contributed by atoms with Crippen molar-refractivity contribution in [3.8, 4) is 0 Å². The molecule has 1 N–H and O–H groups in total. The molecule has 1 atom stereocenters. The number of aliphatic carboxylic acids is 1. The molecule has 0 aliphatic carbocycles. The lowest BCUT2D eigenvalue weighted by molar-refractivity contribution is -0.137. The van der Waals surface area contributed by atoms with E-state index in [1.54, 1.807) is 6.07 Å². The monoisotopic (exact) mass is 329 g/mol. The molecule has 1 heterocycles. The molecule has 1 saturated heterocycles. The molecular weight excluding hydrogens is 313 g/mol. The van der Waals surface area contributed by atoms with Crippen LogP contribution in [-0.4, -0.2) is 29.1 Å². The van der Waals surface area contributed by atoms with Gasteiger partial charge >= 0.3 is 5.97 Å². The molecule has 0 spiro atoms. The Morgan fingerprint density at radius 3 is 2.95 bits per heavy atom. The molecule has 5 heteroatoms. The lowest BCUT2D eigenvalue weighted by Crippen LogP contribution is -2.25. The molecule has 104 valence electrons. The van der Waals surface area contributed by atoms with E-state index in [4.69, 9.17) is 5.11 Å². The second kappa shape index (κ2) is 6.48. The van der Waals surface area contributed by atoms with Crippen molar-refractivity contribution < 1.29 is 14.3 Å². The van der Waals surface area contributed by atoms with Crippen LogP contribution in [0.15, 0.2) is 22.7 Å². The Morgan fingerprint density at radius 2 is 2.26 bits per heavy atom. The van der Waals surface area contributed by atoms with Crippen molar-refractivity contribution in [2.45, 2.75) is 31.7 Å². The average molecular weight is 330 g/mol. The maximum Gasteiger partial charge on any atom is 0.303 e. The van der Waals surface area contributed by atoms with Crippen LogP contribution in [0.1, 0.15) is 37.3 Å². The SMILES string of the molecule is O=C(O)CCCN1CCCC1c1cc(F)cc(Br)c1. The van der Waals surface area contributed by atoms with Gasteiger partial charge in [0, 0.05) is 16.9 Å². The van der Waals surface area contributed by atoms with Gasteiger partial charge in [0.15, 0.2) is 0 Å². The summed E-state index contributed by atoms with van der Waals surface area (Å²) in [6.07, 6.45) is 2.91. The van der Waals surface area contributed by atoms with E-state index in [1.807, 2.05) is 6.07 Å². The third-order valence-corrected chi connectivity index (χ3v) is 3.93. The van der Waals surface area contributed by atoms with Crippen molar-refractivity contribution in [1.29, 1.82) is 0 Å². The van der Waals surface area contributed by atoms with E-state index in [0.29, 0.717) is 6.42 Å². The molecule has 1 unspecified atom stereocenters. The standard InChI is InChI=1S/C14H17BrFNO2/c15-11-7-10(8-12(16)9-11)13-3-1-5-17(13)6-2-4-14(18)19/h7-9,13H,1-6H2,(H,18,19). The first-order chi connectivity index (χ1) is 9.06. The number of carboxylic acids is 1. The number of hydrogen-bond donors (Lipinski definition) is 1. The lowest BCUT2D eigenvalue weighted by Gasteiger charge is -2.24. The average Bonchev–Trinajstić information content (AvgIpc) is 2.75. The van der Waals surface area contributed by atoms with Gasteiger partial charge in [0.25, 0.3) is 0 Å². The van der Waals surface area contributed by atoms with Gasteiger partial charge in [0.05, 0.1) is 0 Å². The quantitative estimate of drug-likeness (QED) is 0.897. The number of halogens is 2. The zero-order valence-electron chi connectivity index (χ0n) is 10.6. The molecule has 1 fully saturated rings. The fraction of sp³-hybridized carbons (Fsp3) is 0.500. The minimum atomic E-state index is -0.760. The van der Waals surface area contributed by atoms with Crippen LogP contribution in [0.25, 0.3) is 0 Å². The highest BCUT2D eigenvalue weighted by Gasteiger charge is 2.26. The molecule has 19 heavy (non-hydrogen) atoms. The van der Waals surface area contributed by atoms with Crippen LogP contribution in [-0.2, 0) is 4.79 Å². The van der Waals surface area contributed by atoms with Crippen molar-refractivity contribution >= 4 is 21.9 Å². The number of nitrogens with zero attached hydrogens (tertiary/aromatic N) is 1. The van der Waals surface area contributed by atoms with E-state index in [0.717, 1.165) is 36.0 Å². The number of carbonyl (C=O) groups is 1. The maximum atomic E-state index is 13.4. The predicted molar refractivity (Wildman–Crippen MR) is 74.5 cm³/mol. The van der Waals surface area contributed by atoms with Gasteiger partial charge in [-0.15, -0.1) is 0 Å². The van der Waals surface area contributed by atoms with Crippen molar-refractivity contribution in [1.82, 2.24) is 4.90 Å². The number of hydrogen-bond acceptors (Lipinski definition) is 2. The lowest BCUT2D eigenvalue weighted by atomic mass is 10.0. The molecule has 1 aliphatic heterocycles. The summed E-state index contributed by atoms with van der Waals surface area (Å²) in [4.78, 5) is 12.8. The topological polar surface area (TPSA) is 40.5 Å². The molecule has 3 nitrogen and oxygen atoms in total. The molecule has 0 saturated carbocycles. The van der Waals surface area contributed by atoms with E-state index in [2.05, 4.69) is 20.8 Å². The summed E-state index contributed by atoms with van der Waals surface area (Å²) in [7, 11) is 0. The normalized spacial score (nSPS) is 19.8. The van der Waals surface area contributed by atoms with Gasteiger partial charge in [-0.25, -0.2) is 4.39 Å². The third kappa shape index (κ3) is 4.01. The number of likely N-dealkylation sites (tertiary alicyclic amines) is 1. The van der Waals surface area contributed by atoms with Gasteiger partial charge in [0.1, 0.15) is 5.82 Å². The summed E-state index contributed by atoms with van der Waals surface area (Å²) >= 11 is 3.32. The van der Waals surface area contributed by atoms with Gasteiger partial charge < -0.3 is 5.11 Å². The zero-order valence-corrected chi connectivity index (χ0v) is 12.2. The molecule has 1 aromatic carbocycles. The van der Waals surface area contributed by atoms with Crippen molar-refractivity contribution in [3.05, 3.63) is 34.1 Å². The second-order valence-electron chi connectivity index (χ2n) is 4.89. The number of rotatable bonds is 5. The molecule has 1 aliphatic rings. The fourth-order valence-corrected chi connectivity index (χ4v) is 3.16. The Bertz CT molecular complexity index is 447. The van der Waals surface area contributed by atoms with E-state index in [9.17, 15) is 9.18 Å². The second-order valence-corrected chi connectivity index (χ2v) is 5.81. The first kappa shape index (κ1) is 14.5. The predicted octanol–water partition coefficient (Wildman–Crippen LogP) is 3.59. The summed E-state index contributed by atoms with van der Waals surface area (Å²) in [6, 6.07) is 5.18. The Morgan fingerprint density at radius 1 is 1.47 bits per heavy atom. The summed E-state index contributed by atoms with van der Waals surface area (Å²) in [5.74, 6) is -0.994. The van der Waals surface area contributed by atoms with Crippen LogP contribution in [0.5, 0.6) is 0 Å². The molecular formula is C14H17BrFNO2. The number of carboxylic acid groups (broad SMARTS) is 1. The first-order valence-electron chi connectivity index (χ1n) is 6.48. The van der Waals surface area contributed by atoms with Gasteiger partial charge in [-0.2, -0.15) is 0 Å². The summed E-state index contributed by atoms with van der Waals surface area (Å²) in [5.41, 5.74) is 0.972. The first-order valence-corrected chi connectivity index (χ1v) is 7.27. The third-order valence-electron chi connectivity index (χ3n) is 3.47. The Hall–Kier alpha value is -0.940. The minimum absolute atomic E-state index is 0.191. The van der Waals surface area contributed by atoms with Crippen LogP contribution < -0.4 is 0 Å². The molecule has 2 rings (SSSR count). The molecule has 1 aromatic rings. The van der Waals surface area contributed by atoms with Crippen LogP contribution in [0.3, 0.4) is 0 Å². The molecule has 0 bridgehead atoms. The highest BCUT2D eigenvalue weighted by atomic mass is 79.9. The summed E-state index contributed by atoms with van der Waals surface area (Å²) in [5, 5.41) is 8.67. The largest absolute Gasteiger partial charge is 0.481 e. The molecule has 0 aromatic heterocycles. The van der Waals surface area contributed by atoms with E-state index < -0.39 is 5.97 Å². The van der Waals surface area contributed by atoms with Gasteiger partial charge in [-0.1, -0.05) is 15.9 Å². The zero-order chi connectivity index (χ0) is 13.8. The van der Waals surface area contributed by atoms with E-state index in [1.165, 1.54) is 6.07 Å². The Labute approximate surface area is 120 Å². The minimum Gasteiger partial charge on any atom is -0.481 e. The molecule has 0 radical (unpaired) electrons. The van der Waals surface area contributed by atoms with Gasteiger partial charge in [-0.3, -0.25) is 9.69 Å². The highest BCUT2D eigenvalue weighted by Crippen LogP contribution is 2.33. The van der Waals surface area contributed by atoms with Crippen molar-refractivity contribution in [3.63, 3.8) is 0 Å². The van der Waals surface area contributed by atoms with Gasteiger partial charge in [-0.05, 0) is 56.1 Å². The summed E-state index contributed by atoms with van der Waals surface area (Å²) in [6.45, 7) is 1.71. The van der Waals surface area contributed by atoms with Crippen LogP contribution >= 0.6 is 15.9 Å². The summed E-state index contributed by atoms with van der Waals surface area (Å²) < 4.78 is 14.2. The van der Waals surface area contributed by atoms with Crippen molar-refractivity contribution in [2.75, 3.05) is 13.1 Å². The Balaban J connectivity index is 2.03. The van der Waals surface area contributed by atoms with Crippen LogP contribution in [0.2, 0.25) is 0 Å². The van der Waals surface area contributed by atoms with E-state index in [-0.39, 0.29) is 18.3 Å². The smallest absolute Gasteiger partial charge is 0.303 e. The Kier molecular flexibility index (Phi) is 4.93. The van der Waals surface area contributed by atoms with Gasteiger partial charge in [0.2, 0.25) is 0 Å². The van der Waals surface area contributed by atoms with Crippen LogP contribution in [0, 0.1) is 5.82 Å². The fourth-order valence-electron chi connectivity index (χ4n) is 2.67. The molecule has 0 amide bonds. The highest BCUT2D eigenvalue weighted by molar-refractivity contribution is 9.10.